The summed E-state index contributed by atoms with van der Waals surface area (Å²) in [4.78, 5) is 13.3. The van der Waals surface area contributed by atoms with E-state index in [4.69, 9.17) is 4.74 Å². The lowest BCUT2D eigenvalue weighted by atomic mass is 10.2. The molecule has 1 aliphatic heterocycles. The van der Waals surface area contributed by atoms with Crippen molar-refractivity contribution in [2.24, 2.45) is 0 Å². The molecule has 0 radical (unpaired) electrons. The van der Waals surface area contributed by atoms with Gasteiger partial charge in [-0.15, -0.1) is 0 Å². The van der Waals surface area contributed by atoms with Crippen molar-refractivity contribution in [3.63, 3.8) is 0 Å². The van der Waals surface area contributed by atoms with Crippen molar-refractivity contribution in [3.05, 3.63) is 0 Å². The highest BCUT2D eigenvalue weighted by Gasteiger charge is 2.19. The molecule has 0 aromatic carbocycles. The summed E-state index contributed by atoms with van der Waals surface area (Å²) in [5.74, 6) is -0.190. The number of methoxy groups -OCH3 is 1. The minimum atomic E-state index is -0.310. The molecule has 0 aromatic heterocycles. The van der Waals surface area contributed by atoms with E-state index in [1.54, 1.807) is 6.92 Å². The van der Waals surface area contributed by atoms with Gasteiger partial charge in [0.25, 0.3) is 0 Å². The standard InChI is InChI=1S/C13H25NO4/c1-11(15)5-7-14(8-6-13(16)17-2)10-12-4-3-9-18-12/h11-12,15H,3-10H2,1-2H3. The maximum atomic E-state index is 11.2. The molecule has 1 heterocycles. The number of hydrogen-bond donors (Lipinski definition) is 1. The van der Waals surface area contributed by atoms with E-state index in [2.05, 4.69) is 9.64 Å². The van der Waals surface area contributed by atoms with E-state index in [0.717, 1.165) is 32.5 Å². The lowest BCUT2D eigenvalue weighted by Gasteiger charge is -2.25. The summed E-state index contributed by atoms with van der Waals surface area (Å²) in [7, 11) is 1.41. The van der Waals surface area contributed by atoms with Crippen LogP contribution in [0.2, 0.25) is 0 Å². The third kappa shape index (κ3) is 6.33. The van der Waals surface area contributed by atoms with Crippen molar-refractivity contribution >= 4 is 5.97 Å². The van der Waals surface area contributed by atoms with Crippen LogP contribution in [-0.2, 0) is 14.3 Å². The van der Waals surface area contributed by atoms with E-state index in [9.17, 15) is 9.90 Å². The molecule has 18 heavy (non-hydrogen) atoms. The number of aliphatic hydroxyl groups is 1. The van der Waals surface area contributed by atoms with Gasteiger partial charge in [0, 0.05) is 26.2 Å². The number of ether oxygens (including phenoxy) is 2. The zero-order valence-electron chi connectivity index (χ0n) is 11.4. The van der Waals surface area contributed by atoms with Gasteiger partial charge >= 0.3 is 5.97 Å². The average Bonchev–Trinajstić information content (AvgIpc) is 2.84. The summed E-state index contributed by atoms with van der Waals surface area (Å²) in [6.07, 6.45) is 3.28. The number of esters is 1. The van der Waals surface area contributed by atoms with Gasteiger partial charge in [-0.2, -0.15) is 0 Å². The molecule has 1 saturated heterocycles. The fraction of sp³-hybridized carbons (Fsp3) is 0.923. The van der Waals surface area contributed by atoms with Crippen LogP contribution in [0.4, 0.5) is 0 Å². The molecule has 1 rings (SSSR count). The van der Waals surface area contributed by atoms with E-state index in [0.29, 0.717) is 19.4 Å². The minimum Gasteiger partial charge on any atom is -0.469 e. The molecule has 5 nitrogen and oxygen atoms in total. The predicted molar refractivity (Wildman–Crippen MR) is 68.3 cm³/mol. The zero-order chi connectivity index (χ0) is 13.4. The van der Waals surface area contributed by atoms with Crippen LogP contribution in [0.15, 0.2) is 0 Å². The highest BCUT2D eigenvalue weighted by Crippen LogP contribution is 2.14. The van der Waals surface area contributed by atoms with Gasteiger partial charge in [-0.1, -0.05) is 0 Å². The van der Waals surface area contributed by atoms with Crippen molar-refractivity contribution < 1.29 is 19.4 Å². The quantitative estimate of drug-likeness (QED) is 0.653. The van der Waals surface area contributed by atoms with E-state index < -0.39 is 0 Å². The van der Waals surface area contributed by atoms with Crippen molar-refractivity contribution in [1.29, 1.82) is 0 Å². The molecule has 2 unspecified atom stereocenters. The number of nitrogens with zero attached hydrogens (tertiary/aromatic N) is 1. The van der Waals surface area contributed by atoms with Gasteiger partial charge in [0.1, 0.15) is 0 Å². The Morgan fingerprint density at radius 2 is 2.33 bits per heavy atom. The van der Waals surface area contributed by atoms with E-state index in [1.165, 1.54) is 7.11 Å². The highest BCUT2D eigenvalue weighted by molar-refractivity contribution is 5.69. The van der Waals surface area contributed by atoms with Gasteiger partial charge in [-0.25, -0.2) is 0 Å². The number of hydrogen-bond acceptors (Lipinski definition) is 5. The molecule has 1 fully saturated rings. The summed E-state index contributed by atoms with van der Waals surface area (Å²) in [6, 6.07) is 0. The fourth-order valence-electron chi connectivity index (χ4n) is 2.09. The van der Waals surface area contributed by atoms with Crippen LogP contribution in [0.1, 0.15) is 32.6 Å². The summed E-state index contributed by atoms with van der Waals surface area (Å²) in [5, 5.41) is 9.34. The number of carbonyl (C=O) groups excluding carboxylic acids is 1. The Hall–Kier alpha value is -0.650. The molecular formula is C13H25NO4. The number of carbonyl (C=O) groups is 1. The van der Waals surface area contributed by atoms with Crippen molar-refractivity contribution in [3.8, 4) is 0 Å². The predicted octanol–water partition coefficient (Wildman–Crippen LogP) is 0.801. The maximum Gasteiger partial charge on any atom is 0.306 e. The lowest BCUT2D eigenvalue weighted by Crippen LogP contribution is -2.35. The first-order valence-electron chi connectivity index (χ1n) is 6.70. The van der Waals surface area contributed by atoms with Gasteiger partial charge < -0.3 is 19.5 Å². The fourth-order valence-corrected chi connectivity index (χ4v) is 2.09. The molecule has 1 aliphatic rings. The molecular weight excluding hydrogens is 234 g/mol. The Bertz CT molecular complexity index is 239. The smallest absolute Gasteiger partial charge is 0.306 e. The number of rotatable bonds is 8. The van der Waals surface area contributed by atoms with Crippen molar-refractivity contribution in [2.75, 3.05) is 33.4 Å². The second-order valence-electron chi connectivity index (χ2n) is 4.90. The minimum absolute atomic E-state index is 0.190. The molecule has 0 bridgehead atoms. The van der Waals surface area contributed by atoms with E-state index >= 15 is 0 Å². The van der Waals surface area contributed by atoms with Gasteiger partial charge in [0.2, 0.25) is 0 Å². The normalized spacial score (nSPS) is 21.2. The van der Waals surface area contributed by atoms with E-state index in [-0.39, 0.29) is 18.2 Å². The van der Waals surface area contributed by atoms with Gasteiger partial charge in [-0.3, -0.25) is 4.79 Å². The largest absolute Gasteiger partial charge is 0.469 e. The SMILES string of the molecule is COC(=O)CCN(CCC(C)O)CC1CCCO1. The first-order valence-corrected chi connectivity index (χ1v) is 6.70. The second kappa shape index (κ2) is 8.45. The first kappa shape index (κ1) is 15.4. The van der Waals surface area contributed by atoms with Gasteiger partial charge in [0.05, 0.1) is 25.7 Å². The van der Waals surface area contributed by atoms with Gasteiger partial charge in [-0.05, 0) is 26.2 Å². The molecule has 0 amide bonds. The van der Waals surface area contributed by atoms with Crippen molar-refractivity contribution in [1.82, 2.24) is 4.90 Å². The second-order valence-corrected chi connectivity index (χ2v) is 4.90. The molecule has 5 heteroatoms. The molecule has 0 spiro atoms. The Morgan fingerprint density at radius 1 is 1.56 bits per heavy atom. The van der Waals surface area contributed by atoms with E-state index in [1.807, 2.05) is 0 Å². The molecule has 2 atom stereocenters. The molecule has 0 aromatic rings. The van der Waals surface area contributed by atoms with Crippen LogP contribution in [0.5, 0.6) is 0 Å². The summed E-state index contributed by atoms with van der Waals surface area (Å²) >= 11 is 0. The number of aliphatic hydroxyl groups excluding tert-OH is 1. The van der Waals surface area contributed by atoms with Crippen LogP contribution in [0, 0.1) is 0 Å². The van der Waals surface area contributed by atoms with Crippen LogP contribution >= 0.6 is 0 Å². The summed E-state index contributed by atoms with van der Waals surface area (Å²) in [6.45, 7) is 4.91. The van der Waals surface area contributed by atoms with Crippen LogP contribution in [0.25, 0.3) is 0 Å². The summed E-state index contributed by atoms with van der Waals surface area (Å²) in [5.41, 5.74) is 0. The zero-order valence-corrected chi connectivity index (χ0v) is 11.4. The third-order valence-corrected chi connectivity index (χ3v) is 3.21. The molecule has 0 aliphatic carbocycles. The Kier molecular flexibility index (Phi) is 7.23. The highest BCUT2D eigenvalue weighted by atomic mass is 16.5. The molecule has 1 N–H and O–H groups in total. The molecule has 0 saturated carbocycles. The third-order valence-electron chi connectivity index (χ3n) is 3.21. The van der Waals surface area contributed by atoms with Gasteiger partial charge in [0.15, 0.2) is 0 Å². The lowest BCUT2D eigenvalue weighted by molar-refractivity contribution is -0.141. The van der Waals surface area contributed by atoms with Crippen LogP contribution < -0.4 is 0 Å². The molecule has 106 valence electrons. The maximum absolute atomic E-state index is 11.2. The Labute approximate surface area is 109 Å². The summed E-state index contributed by atoms with van der Waals surface area (Å²) < 4.78 is 10.3. The monoisotopic (exact) mass is 259 g/mol. The average molecular weight is 259 g/mol. The van der Waals surface area contributed by atoms with Crippen molar-refractivity contribution in [2.45, 2.75) is 44.8 Å². The topological polar surface area (TPSA) is 59.0 Å². The van der Waals surface area contributed by atoms with Crippen LogP contribution in [-0.4, -0.2) is 61.5 Å². The van der Waals surface area contributed by atoms with Crippen LogP contribution in [0.3, 0.4) is 0 Å². The first-order chi connectivity index (χ1) is 8.61. The Morgan fingerprint density at radius 3 is 2.89 bits per heavy atom. The Balaban J connectivity index is 2.32.